The molecule has 0 aliphatic carbocycles. The van der Waals surface area contributed by atoms with Crippen LogP contribution in [-0.4, -0.2) is 0 Å². The van der Waals surface area contributed by atoms with Crippen molar-refractivity contribution < 1.29 is 0 Å². The maximum Gasteiger partial charge on any atom is -0.00990 e. The van der Waals surface area contributed by atoms with Crippen molar-refractivity contribution in [2.75, 3.05) is 0 Å². The van der Waals surface area contributed by atoms with Crippen molar-refractivity contribution in [2.24, 2.45) is 0 Å². The number of benzene rings is 5. The second-order valence-electron chi connectivity index (χ2n) is 8.74. The van der Waals surface area contributed by atoms with E-state index in [-0.39, 0.29) is 0 Å². The quantitative estimate of drug-likeness (QED) is 0.200. The smallest absolute Gasteiger partial charge is 0.00990 e. The summed E-state index contributed by atoms with van der Waals surface area (Å²) in [6.07, 6.45) is 7.36. The number of hydrogen-bond donors (Lipinski definition) is 0. The zero-order valence-corrected chi connectivity index (χ0v) is 18.2. The molecule has 0 aromatic heterocycles. The van der Waals surface area contributed by atoms with Gasteiger partial charge < -0.3 is 0 Å². The Balaban J connectivity index is 1.65. The predicted octanol–water partition coefficient (Wildman–Crippen LogP) is 8.98. The van der Waals surface area contributed by atoms with Gasteiger partial charge in [-0.05, 0) is 92.0 Å². The lowest BCUT2D eigenvalue weighted by molar-refractivity contribution is 0.796. The number of aryl methyl sites for hydroxylation is 2. The molecule has 5 aromatic carbocycles. The highest BCUT2D eigenvalue weighted by atomic mass is 14.1. The van der Waals surface area contributed by atoms with Crippen LogP contribution in [0.25, 0.3) is 43.1 Å². The van der Waals surface area contributed by atoms with Crippen LogP contribution in [0, 0.1) is 0 Å². The van der Waals surface area contributed by atoms with Gasteiger partial charge in [-0.1, -0.05) is 87.4 Å². The molecule has 0 heterocycles. The van der Waals surface area contributed by atoms with E-state index in [9.17, 15) is 0 Å². The van der Waals surface area contributed by atoms with Crippen LogP contribution in [0.1, 0.15) is 50.7 Å². The molecular formula is C30H30. The lowest BCUT2D eigenvalue weighted by Crippen LogP contribution is -1.87. The van der Waals surface area contributed by atoms with Crippen LogP contribution in [-0.2, 0) is 12.8 Å². The van der Waals surface area contributed by atoms with Gasteiger partial charge in [-0.15, -0.1) is 0 Å². The standard InChI is InChI=1S/C30H30/c1-3-5-7-21-9-15-27-23(17-21)11-13-25-20-30-26(19-29(25)27)14-12-24-18-22(8-6-4-2)10-16-28(24)30/h9-20H,3-8H2,1-2H3. The van der Waals surface area contributed by atoms with E-state index in [1.54, 1.807) is 0 Å². The minimum absolute atomic E-state index is 1.18. The van der Waals surface area contributed by atoms with E-state index in [4.69, 9.17) is 0 Å². The number of unbranched alkanes of at least 4 members (excludes halogenated alkanes) is 2. The Hall–Kier alpha value is -2.86. The molecular weight excluding hydrogens is 360 g/mol. The Labute approximate surface area is 179 Å². The highest BCUT2D eigenvalue weighted by Crippen LogP contribution is 2.34. The topological polar surface area (TPSA) is 0 Å². The number of rotatable bonds is 6. The lowest BCUT2D eigenvalue weighted by Gasteiger charge is -2.11. The van der Waals surface area contributed by atoms with Gasteiger partial charge in [0.2, 0.25) is 0 Å². The molecule has 0 saturated heterocycles. The van der Waals surface area contributed by atoms with E-state index in [1.165, 1.54) is 92.7 Å². The molecule has 0 heteroatoms. The van der Waals surface area contributed by atoms with Crippen molar-refractivity contribution in [3.8, 4) is 0 Å². The first-order valence-corrected chi connectivity index (χ1v) is 11.6. The Kier molecular flexibility index (Phi) is 5.17. The van der Waals surface area contributed by atoms with E-state index >= 15 is 0 Å². The highest BCUT2D eigenvalue weighted by molar-refractivity contribution is 6.17. The van der Waals surface area contributed by atoms with Crippen LogP contribution in [0.4, 0.5) is 0 Å². The van der Waals surface area contributed by atoms with Crippen molar-refractivity contribution in [3.05, 3.63) is 83.9 Å². The lowest BCUT2D eigenvalue weighted by atomic mass is 9.93. The Morgan fingerprint density at radius 3 is 1.23 bits per heavy atom. The first-order valence-electron chi connectivity index (χ1n) is 11.6. The fourth-order valence-corrected chi connectivity index (χ4v) is 4.80. The molecule has 0 aliphatic rings. The zero-order chi connectivity index (χ0) is 20.5. The van der Waals surface area contributed by atoms with Gasteiger partial charge in [0.1, 0.15) is 0 Å². The van der Waals surface area contributed by atoms with Gasteiger partial charge >= 0.3 is 0 Å². The summed E-state index contributed by atoms with van der Waals surface area (Å²) in [7, 11) is 0. The summed E-state index contributed by atoms with van der Waals surface area (Å²) in [5.74, 6) is 0. The molecule has 5 rings (SSSR count). The average molecular weight is 391 g/mol. The van der Waals surface area contributed by atoms with Gasteiger partial charge in [0, 0.05) is 0 Å². The van der Waals surface area contributed by atoms with Crippen LogP contribution in [0.5, 0.6) is 0 Å². The van der Waals surface area contributed by atoms with E-state index in [1.807, 2.05) is 0 Å². The molecule has 5 aromatic rings. The normalized spacial score (nSPS) is 11.8. The molecule has 150 valence electrons. The molecule has 0 N–H and O–H groups in total. The van der Waals surface area contributed by atoms with E-state index < -0.39 is 0 Å². The van der Waals surface area contributed by atoms with Crippen molar-refractivity contribution in [1.29, 1.82) is 0 Å². The van der Waals surface area contributed by atoms with E-state index in [0.29, 0.717) is 0 Å². The second-order valence-corrected chi connectivity index (χ2v) is 8.74. The van der Waals surface area contributed by atoms with Crippen LogP contribution >= 0.6 is 0 Å². The van der Waals surface area contributed by atoms with Gasteiger partial charge in [0.15, 0.2) is 0 Å². The fraction of sp³-hybridized carbons (Fsp3) is 0.267. The third-order valence-corrected chi connectivity index (χ3v) is 6.56. The first kappa shape index (κ1) is 19.1. The van der Waals surface area contributed by atoms with Crippen LogP contribution in [0.15, 0.2) is 72.8 Å². The largest absolute Gasteiger partial charge is 0.0654 e. The molecule has 30 heavy (non-hydrogen) atoms. The van der Waals surface area contributed by atoms with Crippen LogP contribution in [0.3, 0.4) is 0 Å². The maximum absolute atomic E-state index is 2.39. The molecule has 0 bridgehead atoms. The minimum Gasteiger partial charge on any atom is -0.0654 e. The van der Waals surface area contributed by atoms with Gasteiger partial charge in [0.05, 0.1) is 0 Å². The van der Waals surface area contributed by atoms with E-state index in [0.717, 1.165) is 0 Å². The van der Waals surface area contributed by atoms with Crippen molar-refractivity contribution in [1.82, 2.24) is 0 Å². The summed E-state index contributed by atoms with van der Waals surface area (Å²) >= 11 is 0. The minimum atomic E-state index is 1.18. The second kappa shape index (κ2) is 8.11. The Morgan fingerprint density at radius 2 is 0.833 bits per heavy atom. The van der Waals surface area contributed by atoms with E-state index in [2.05, 4.69) is 86.6 Å². The maximum atomic E-state index is 2.39. The van der Waals surface area contributed by atoms with Gasteiger partial charge in [0.25, 0.3) is 0 Å². The Morgan fingerprint density at radius 1 is 0.433 bits per heavy atom. The molecule has 0 saturated carbocycles. The summed E-state index contributed by atoms with van der Waals surface area (Å²) < 4.78 is 0. The summed E-state index contributed by atoms with van der Waals surface area (Å²) in [4.78, 5) is 0. The molecule has 0 atom stereocenters. The molecule has 0 nitrogen and oxygen atoms in total. The van der Waals surface area contributed by atoms with Gasteiger partial charge in [-0.25, -0.2) is 0 Å². The molecule has 0 amide bonds. The molecule has 0 unspecified atom stereocenters. The zero-order valence-electron chi connectivity index (χ0n) is 18.2. The molecule has 0 fully saturated rings. The molecule has 0 aliphatic heterocycles. The third kappa shape index (κ3) is 3.45. The third-order valence-electron chi connectivity index (χ3n) is 6.56. The summed E-state index contributed by atoms with van der Waals surface area (Å²) in [6.45, 7) is 4.52. The van der Waals surface area contributed by atoms with Crippen molar-refractivity contribution >= 4 is 43.1 Å². The summed E-state index contributed by atoms with van der Waals surface area (Å²) in [6, 6.07) is 28.0. The molecule has 0 spiro atoms. The van der Waals surface area contributed by atoms with Gasteiger partial charge in [-0.2, -0.15) is 0 Å². The molecule has 0 radical (unpaired) electrons. The summed E-state index contributed by atoms with van der Waals surface area (Å²) in [5, 5.41) is 10.8. The fourth-order valence-electron chi connectivity index (χ4n) is 4.80. The van der Waals surface area contributed by atoms with Gasteiger partial charge in [-0.3, -0.25) is 0 Å². The van der Waals surface area contributed by atoms with Crippen LogP contribution < -0.4 is 0 Å². The van der Waals surface area contributed by atoms with Crippen molar-refractivity contribution in [2.45, 2.75) is 52.4 Å². The number of hydrogen-bond acceptors (Lipinski definition) is 0. The first-order chi connectivity index (χ1) is 14.8. The Bertz CT molecular complexity index is 1250. The predicted molar refractivity (Wildman–Crippen MR) is 134 cm³/mol. The monoisotopic (exact) mass is 390 g/mol. The number of fused-ring (bicyclic) bond motifs is 6. The SMILES string of the molecule is CCCCc1ccc2c(ccc3cc4c(ccc5cc(CCCC)ccc54)cc32)c1. The van der Waals surface area contributed by atoms with Crippen molar-refractivity contribution in [3.63, 3.8) is 0 Å². The highest BCUT2D eigenvalue weighted by Gasteiger charge is 2.07. The summed E-state index contributed by atoms with van der Waals surface area (Å²) in [5.41, 5.74) is 2.91. The van der Waals surface area contributed by atoms with Crippen LogP contribution in [0.2, 0.25) is 0 Å². The average Bonchev–Trinajstić information content (AvgIpc) is 2.79.